The Hall–Kier alpha value is -2.83. The summed E-state index contributed by atoms with van der Waals surface area (Å²) in [5.41, 5.74) is 2.85. The summed E-state index contributed by atoms with van der Waals surface area (Å²) in [6, 6.07) is 20.7. The first kappa shape index (κ1) is 20.4. The van der Waals surface area contributed by atoms with Gasteiger partial charge in [-0.15, -0.1) is 0 Å². The number of nitrogens with zero attached hydrogens (tertiary/aromatic N) is 1. The number of hydrogen-bond donors (Lipinski definition) is 1. The van der Waals surface area contributed by atoms with Crippen molar-refractivity contribution in [1.82, 2.24) is 5.32 Å². The third kappa shape index (κ3) is 3.93. The second kappa shape index (κ2) is 8.13. The Bertz CT molecular complexity index is 1210. The highest BCUT2D eigenvalue weighted by atomic mass is 35.5. The van der Waals surface area contributed by atoms with E-state index in [2.05, 4.69) is 5.32 Å². The Morgan fingerprint density at radius 2 is 1.83 bits per heavy atom. The van der Waals surface area contributed by atoms with Crippen LogP contribution in [0.25, 0.3) is 0 Å². The predicted molar refractivity (Wildman–Crippen MR) is 118 cm³/mol. The van der Waals surface area contributed by atoms with Gasteiger partial charge in [0.25, 0.3) is 15.9 Å². The fourth-order valence-electron chi connectivity index (χ4n) is 3.75. The molecule has 1 heterocycles. The van der Waals surface area contributed by atoms with E-state index in [0.717, 1.165) is 11.1 Å². The monoisotopic (exact) mass is 440 g/mol. The molecule has 0 fully saturated rings. The molecule has 1 N–H and O–H groups in total. The number of anilines is 1. The van der Waals surface area contributed by atoms with Gasteiger partial charge in [-0.25, -0.2) is 8.42 Å². The molecule has 3 aromatic rings. The molecular weight excluding hydrogens is 420 g/mol. The molecule has 0 saturated heterocycles. The van der Waals surface area contributed by atoms with Crippen molar-refractivity contribution in [2.24, 2.45) is 0 Å². The van der Waals surface area contributed by atoms with Crippen molar-refractivity contribution in [3.05, 3.63) is 94.5 Å². The highest BCUT2D eigenvalue weighted by Crippen LogP contribution is 2.36. The zero-order valence-electron chi connectivity index (χ0n) is 16.4. The van der Waals surface area contributed by atoms with Crippen molar-refractivity contribution in [1.29, 1.82) is 0 Å². The Kier molecular flexibility index (Phi) is 5.54. The topological polar surface area (TPSA) is 66.5 Å². The first-order chi connectivity index (χ1) is 14.4. The lowest BCUT2D eigenvalue weighted by molar-refractivity contribution is 0.0950. The van der Waals surface area contributed by atoms with Gasteiger partial charge in [0.2, 0.25) is 0 Å². The summed E-state index contributed by atoms with van der Waals surface area (Å²) in [7, 11) is -3.79. The molecule has 1 aliphatic heterocycles. The van der Waals surface area contributed by atoms with Crippen LogP contribution in [0.3, 0.4) is 0 Å². The minimum absolute atomic E-state index is 0.0986. The fraction of sp³-hybridized carbons (Fsp3) is 0.174. The molecule has 1 atom stereocenters. The van der Waals surface area contributed by atoms with Gasteiger partial charge in [-0.2, -0.15) is 0 Å². The third-order valence-corrected chi connectivity index (χ3v) is 7.30. The summed E-state index contributed by atoms with van der Waals surface area (Å²) in [5, 5.41) is 3.40. The van der Waals surface area contributed by atoms with Crippen molar-refractivity contribution in [3.8, 4) is 0 Å². The molecule has 5 nitrogen and oxygen atoms in total. The minimum atomic E-state index is -3.79. The lowest BCUT2D eigenvalue weighted by atomic mass is 10.1. The van der Waals surface area contributed by atoms with Crippen molar-refractivity contribution in [2.45, 2.75) is 30.8 Å². The molecule has 1 amide bonds. The number of carbonyl (C=O) groups is 1. The molecule has 0 bridgehead atoms. The highest BCUT2D eigenvalue weighted by molar-refractivity contribution is 7.92. The second-order valence-electron chi connectivity index (χ2n) is 7.32. The molecule has 1 aliphatic rings. The van der Waals surface area contributed by atoms with Crippen LogP contribution >= 0.6 is 11.6 Å². The van der Waals surface area contributed by atoms with Gasteiger partial charge in [-0.05, 0) is 60.9 Å². The maximum absolute atomic E-state index is 13.4. The van der Waals surface area contributed by atoms with Crippen molar-refractivity contribution in [2.75, 3.05) is 4.31 Å². The molecule has 7 heteroatoms. The molecule has 0 aromatic heterocycles. The van der Waals surface area contributed by atoms with Crippen LogP contribution < -0.4 is 9.62 Å². The average Bonchev–Trinajstić information content (AvgIpc) is 3.08. The summed E-state index contributed by atoms with van der Waals surface area (Å²) in [4.78, 5) is 12.7. The first-order valence-electron chi connectivity index (χ1n) is 9.61. The Labute approximate surface area is 181 Å². The van der Waals surface area contributed by atoms with Gasteiger partial charge in [0.15, 0.2) is 0 Å². The van der Waals surface area contributed by atoms with Crippen LogP contribution in [-0.2, 0) is 23.0 Å². The van der Waals surface area contributed by atoms with Crippen molar-refractivity contribution in [3.63, 3.8) is 0 Å². The number of benzene rings is 3. The highest BCUT2D eigenvalue weighted by Gasteiger charge is 2.36. The number of para-hydroxylation sites is 1. The number of carbonyl (C=O) groups excluding carboxylic acids is 1. The average molecular weight is 441 g/mol. The van der Waals surface area contributed by atoms with Crippen molar-refractivity contribution < 1.29 is 13.2 Å². The maximum atomic E-state index is 13.4. The van der Waals surface area contributed by atoms with Crippen LogP contribution in [0.2, 0.25) is 5.02 Å². The standard InChI is InChI=1S/C23H21ClN2O3S/c1-16-12-18-7-2-3-11-22(18)26(16)30(28,29)21-10-5-8-19(14-21)23(27)25-15-17-6-4-9-20(24)13-17/h2-11,13-14,16H,12,15H2,1H3,(H,25,27)/t16-/m0/s1. The fourth-order valence-corrected chi connectivity index (χ4v) is 5.70. The molecule has 30 heavy (non-hydrogen) atoms. The number of amides is 1. The quantitative estimate of drug-likeness (QED) is 0.639. The van der Waals surface area contributed by atoms with Gasteiger partial charge in [-0.1, -0.05) is 48.0 Å². The number of fused-ring (bicyclic) bond motifs is 1. The van der Waals surface area contributed by atoms with E-state index in [0.29, 0.717) is 29.2 Å². The van der Waals surface area contributed by atoms with Crippen LogP contribution in [0.5, 0.6) is 0 Å². The molecule has 0 radical (unpaired) electrons. The van der Waals surface area contributed by atoms with E-state index in [1.807, 2.05) is 43.3 Å². The normalized spacial score (nSPS) is 15.7. The van der Waals surface area contributed by atoms with Gasteiger partial charge in [0.05, 0.1) is 10.6 Å². The minimum Gasteiger partial charge on any atom is -0.348 e. The van der Waals surface area contributed by atoms with E-state index >= 15 is 0 Å². The number of nitrogens with one attached hydrogen (secondary N) is 1. The molecule has 0 aliphatic carbocycles. The van der Waals surface area contributed by atoms with Gasteiger partial charge >= 0.3 is 0 Å². The van der Waals surface area contributed by atoms with Crippen LogP contribution in [0.15, 0.2) is 77.7 Å². The van der Waals surface area contributed by atoms with Gasteiger partial charge in [0.1, 0.15) is 0 Å². The molecule has 0 spiro atoms. The summed E-state index contributed by atoms with van der Waals surface area (Å²) < 4.78 is 28.2. The Morgan fingerprint density at radius 1 is 1.07 bits per heavy atom. The van der Waals surface area contributed by atoms with Crippen LogP contribution in [0, 0.1) is 0 Å². The largest absolute Gasteiger partial charge is 0.348 e. The lowest BCUT2D eigenvalue weighted by Gasteiger charge is -2.24. The second-order valence-corrected chi connectivity index (χ2v) is 9.57. The third-order valence-electron chi connectivity index (χ3n) is 5.14. The van der Waals surface area contributed by atoms with E-state index in [4.69, 9.17) is 11.6 Å². The van der Waals surface area contributed by atoms with Crippen LogP contribution in [-0.4, -0.2) is 20.4 Å². The number of hydrogen-bond acceptors (Lipinski definition) is 3. The molecule has 3 aromatic carbocycles. The van der Waals surface area contributed by atoms with Gasteiger partial charge in [-0.3, -0.25) is 9.10 Å². The lowest BCUT2D eigenvalue weighted by Crippen LogP contribution is -2.35. The molecule has 4 rings (SSSR count). The Morgan fingerprint density at radius 3 is 2.63 bits per heavy atom. The summed E-state index contributed by atoms with van der Waals surface area (Å²) in [6.45, 7) is 2.19. The predicted octanol–water partition coefficient (Wildman–Crippen LogP) is 4.41. The smallest absolute Gasteiger partial charge is 0.264 e. The first-order valence-corrected chi connectivity index (χ1v) is 11.4. The summed E-state index contributed by atoms with van der Waals surface area (Å²) >= 11 is 5.97. The molecular formula is C23H21ClN2O3S. The van der Waals surface area contributed by atoms with Gasteiger partial charge < -0.3 is 5.32 Å². The van der Waals surface area contributed by atoms with Crippen LogP contribution in [0.1, 0.15) is 28.4 Å². The van der Waals surface area contributed by atoms with E-state index in [1.165, 1.54) is 16.4 Å². The SMILES string of the molecule is C[C@H]1Cc2ccccc2N1S(=O)(=O)c1cccc(C(=O)NCc2cccc(Cl)c2)c1. The number of rotatable bonds is 5. The number of sulfonamides is 1. The van der Waals surface area contributed by atoms with Crippen molar-refractivity contribution >= 4 is 33.2 Å². The van der Waals surface area contributed by atoms with E-state index in [-0.39, 0.29) is 16.8 Å². The molecule has 0 saturated carbocycles. The summed E-state index contributed by atoms with van der Waals surface area (Å²) in [5.74, 6) is -0.345. The number of halogens is 1. The zero-order valence-corrected chi connectivity index (χ0v) is 18.0. The molecule has 154 valence electrons. The van der Waals surface area contributed by atoms with E-state index in [9.17, 15) is 13.2 Å². The zero-order chi connectivity index (χ0) is 21.3. The summed E-state index contributed by atoms with van der Waals surface area (Å²) in [6.07, 6.45) is 0.662. The van der Waals surface area contributed by atoms with E-state index in [1.54, 1.807) is 24.3 Å². The van der Waals surface area contributed by atoms with Gasteiger partial charge in [0, 0.05) is 23.2 Å². The van der Waals surface area contributed by atoms with E-state index < -0.39 is 10.0 Å². The maximum Gasteiger partial charge on any atom is 0.264 e. The molecule has 0 unspecified atom stereocenters. The Balaban J connectivity index is 1.57. The van der Waals surface area contributed by atoms with Crippen LogP contribution in [0.4, 0.5) is 5.69 Å².